The van der Waals surface area contributed by atoms with E-state index in [0.717, 1.165) is 11.1 Å². The molecule has 0 bridgehead atoms. The van der Waals surface area contributed by atoms with Crippen LogP contribution in [-0.2, 0) is 12.0 Å². The number of nitrogens with zero attached hydrogens (tertiary/aromatic N) is 3. The fourth-order valence-electron chi connectivity index (χ4n) is 1.74. The topological polar surface area (TPSA) is 77.0 Å². The predicted molar refractivity (Wildman–Crippen MR) is 77.8 cm³/mol. The maximum absolute atomic E-state index is 11.8. The van der Waals surface area contributed by atoms with E-state index in [1.54, 1.807) is 6.20 Å². The van der Waals surface area contributed by atoms with E-state index in [4.69, 9.17) is 4.74 Å². The van der Waals surface area contributed by atoms with Crippen LogP contribution in [0.15, 0.2) is 36.5 Å². The summed E-state index contributed by atoms with van der Waals surface area (Å²) in [7, 11) is 0. The minimum atomic E-state index is -0.565. The Morgan fingerprint density at radius 2 is 1.95 bits per heavy atom. The minimum absolute atomic E-state index is 0.183. The van der Waals surface area contributed by atoms with Gasteiger partial charge in [0.15, 0.2) is 0 Å². The summed E-state index contributed by atoms with van der Waals surface area (Å²) in [6.45, 7) is 6.35. The summed E-state index contributed by atoms with van der Waals surface area (Å²) in [5, 5.41) is 13.7. The second-order valence-corrected chi connectivity index (χ2v) is 5.63. The van der Waals surface area contributed by atoms with Gasteiger partial charge in [0.25, 0.3) is 5.88 Å². The highest BCUT2D eigenvalue weighted by Crippen LogP contribution is 2.27. The molecule has 2 aromatic rings. The summed E-state index contributed by atoms with van der Waals surface area (Å²) >= 11 is 0. The highest BCUT2D eigenvalue weighted by molar-refractivity contribution is 5.70. The molecule has 0 saturated carbocycles. The molecule has 1 heterocycles. The summed E-state index contributed by atoms with van der Waals surface area (Å²) < 4.78 is 5.23. The molecule has 0 radical (unpaired) electrons. The van der Waals surface area contributed by atoms with E-state index in [1.165, 1.54) is 0 Å². The number of aromatic nitrogens is 3. The third kappa shape index (κ3) is 4.24. The summed E-state index contributed by atoms with van der Waals surface area (Å²) in [6, 6.07) is 9.59. The lowest BCUT2D eigenvalue weighted by Crippen LogP contribution is -2.28. The number of carbonyl (C=O) groups is 1. The van der Waals surface area contributed by atoms with Gasteiger partial charge in [0.05, 0.1) is 6.20 Å². The lowest BCUT2D eigenvalue weighted by Gasteiger charge is -2.19. The molecule has 0 spiro atoms. The first-order valence-corrected chi connectivity index (χ1v) is 6.65. The van der Waals surface area contributed by atoms with Crippen LogP contribution in [0, 0.1) is 0 Å². The molecular formula is C15H18N4O2. The van der Waals surface area contributed by atoms with Gasteiger partial charge < -0.3 is 10.1 Å². The Kier molecular flexibility index (Phi) is 4.47. The highest BCUT2D eigenvalue weighted by atomic mass is 16.6. The second-order valence-electron chi connectivity index (χ2n) is 5.63. The molecule has 0 saturated heterocycles. The molecule has 0 fully saturated rings. The van der Waals surface area contributed by atoms with Crippen molar-refractivity contribution in [3.8, 4) is 5.88 Å². The SMILES string of the molecule is CC(C)(C)c1cnnnc1OC(=O)NCc1ccccc1. The fourth-order valence-corrected chi connectivity index (χ4v) is 1.74. The molecule has 1 aromatic carbocycles. The minimum Gasteiger partial charge on any atom is -0.389 e. The molecule has 0 unspecified atom stereocenters. The first-order valence-electron chi connectivity index (χ1n) is 6.65. The van der Waals surface area contributed by atoms with Crippen LogP contribution in [0.5, 0.6) is 5.88 Å². The molecular weight excluding hydrogens is 268 g/mol. The van der Waals surface area contributed by atoms with Crippen molar-refractivity contribution in [2.75, 3.05) is 0 Å². The highest BCUT2D eigenvalue weighted by Gasteiger charge is 2.22. The largest absolute Gasteiger partial charge is 0.414 e. The summed E-state index contributed by atoms with van der Waals surface area (Å²) in [5.74, 6) is 0.183. The summed E-state index contributed by atoms with van der Waals surface area (Å²) in [4.78, 5) is 11.8. The van der Waals surface area contributed by atoms with E-state index in [-0.39, 0.29) is 11.3 Å². The Labute approximate surface area is 123 Å². The van der Waals surface area contributed by atoms with Gasteiger partial charge in [-0.1, -0.05) is 56.2 Å². The average molecular weight is 286 g/mol. The van der Waals surface area contributed by atoms with Crippen LogP contribution in [0.1, 0.15) is 31.9 Å². The Hall–Kier alpha value is -2.50. The molecule has 1 amide bonds. The van der Waals surface area contributed by atoms with E-state index in [9.17, 15) is 4.79 Å². The van der Waals surface area contributed by atoms with Gasteiger partial charge in [0, 0.05) is 12.1 Å². The van der Waals surface area contributed by atoms with E-state index in [1.807, 2.05) is 51.1 Å². The summed E-state index contributed by atoms with van der Waals surface area (Å²) in [5.41, 5.74) is 1.48. The number of hydrogen-bond donors (Lipinski definition) is 1. The van der Waals surface area contributed by atoms with Crippen molar-refractivity contribution in [3.05, 3.63) is 47.7 Å². The van der Waals surface area contributed by atoms with Crippen molar-refractivity contribution in [1.82, 2.24) is 20.7 Å². The molecule has 0 aliphatic rings. The van der Waals surface area contributed by atoms with E-state index >= 15 is 0 Å². The van der Waals surface area contributed by atoms with Gasteiger partial charge in [0.1, 0.15) is 0 Å². The Balaban J connectivity index is 2.00. The molecule has 0 atom stereocenters. The Bertz CT molecular complexity index is 609. The Morgan fingerprint density at radius 1 is 1.24 bits per heavy atom. The third-order valence-electron chi connectivity index (χ3n) is 2.88. The van der Waals surface area contributed by atoms with Crippen LogP contribution in [0.4, 0.5) is 4.79 Å². The lowest BCUT2D eigenvalue weighted by atomic mass is 9.89. The number of amides is 1. The number of nitrogens with one attached hydrogen (secondary N) is 1. The van der Waals surface area contributed by atoms with E-state index in [2.05, 4.69) is 20.7 Å². The molecule has 0 aliphatic carbocycles. The van der Waals surface area contributed by atoms with E-state index < -0.39 is 6.09 Å². The van der Waals surface area contributed by atoms with Gasteiger partial charge in [0.2, 0.25) is 0 Å². The fraction of sp³-hybridized carbons (Fsp3) is 0.333. The molecule has 0 aliphatic heterocycles. The van der Waals surface area contributed by atoms with Crippen LogP contribution in [0.25, 0.3) is 0 Å². The first-order chi connectivity index (χ1) is 9.97. The molecule has 1 aromatic heterocycles. The van der Waals surface area contributed by atoms with Gasteiger partial charge in [-0.2, -0.15) is 0 Å². The number of hydrogen-bond acceptors (Lipinski definition) is 5. The van der Waals surface area contributed by atoms with Crippen molar-refractivity contribution in [2.24, 2.45) is 0 Å². The second kappa shape index (κ2) is 6.30. The van der Waals surface area contributed by atoms with Gasteiger partial charge in [-0.3, -0.25) is 0 Å². The van der Waals surface area contributed by atoms with Crippen molar-refractivity contribution < 1.29 is 9.53 Å². The van der Waals surface area contributed by atoms with Gasteiger partial charge in [-0.25, -0.2) is 4.79 Å². The zero-order valence-corrected chi connectivity index (χ0v) is 12.3. The molecule has 6 heteroatoms. The van der Waals surface area contributed by atoms with Crippen LogP contribution in [-0.4, -0.2) is 21.5 Å². The monoisotopic (exact) mass is 286 g/mol. The Morgan fingerprint density at radius 3 is 2.62 bits per heavy atom. The van der Waals surface area contributed by atoms with Gasteiger partial charge in [-0.15, -0.1) is 5.10 Å². The number of benzene rings is 1. The number of rotatable bonds is 3. The zero-order chi connectivity index (χ0) is 15.3. The molecule has 110 valence electrons. The van der Waals surface area contributed by atoms with Crippen LogP contribution in [0.2, 0.25) is 0 Å². The third-order valence-corrected chi connectivity index (χ3v) is 2.88. The maximum atomic E-state index is 11.8. The average Bonchev–Trinajstić information content (AvgIpc) is 2.46. The number of carbonyl (C=O) groups excluding carboxylic acids is 1. The van der Waals surface area contributed by atoms with Crippen molar-refractivity contribution in [1.29, 1.82) is 0 Å². The zero-order valence-electron chi connectivity index (χ0n) is 12.3. The van der Waals surface area contributed by atoms with E-state index in [0.29, 0.717) is 6.54 Å². The van der Waals surface area contributed by atoms with Crippen LogP contribution < -0.4 is 10.1 Å². The van der Waals surface area contributed by atoms with Crippen molar-refractivity contribution in [2.45, 2.75) is 32.7 Å². The smallest absolute Gasteiger partial charge is 0.389 e. The lowest BCUT2D eigenvalue weighted by molar-refractivity contribution is 0.196. The predicted octanol–water partition coefficient (Wildman–Crippen LogP) is 2.46. The van der Waals surface area contributed by atoms with Crippen molar-refractivity contribution in [3.63, 3.8) is 0 Å². The normalized spacial score (nSPS) is 11.0. The molecule has 6 nitrogen and oxygen atoms in total. The van der Waals surface area contributed by atoms with Crippen LogP contribution >= 0.6 is 0 Å². The number of ether oxygens (including phenoxy) is 1. The summed E-state index contributed by atoms with van der Waals surface area (Å²) in [6.07, 6.45) is 0.997. The van der Waals surface area contributed by atoms with Gasteiger partial charge in [-0.05, 0) is 16.2 Å². The van der Waals surface area contributed by atoms with Crippen LogP contribution in [0.3, 0.4) is 0 Å². The molecule has 1 N–H and O–H groups in total. The quantitative estimate of drug-likeness (QED) is 0.937. The maximum Gasteiger partial charge on any atom is 0.414 e. The van der Waals surface area contributed by atoms with Gasteiger partial charge >= 0.3 is 6.09 Å². The first kappa shape index (κ1) is 14.9. The van der Waals surface area contributed by atoms with Crippen molar-refractivity contribution >= 4 is 6.09 Å². The standard InChI is InChI=1S/C15H18N4O2/c1-15(2,3)12-10-17-19-18-13(12)21-14(20)16-9-11-7-5-4-6-8-11/h4-8,10H,9H2,1-3H3,(H,16,20). The molecule has 21 heavy (non-hydrogen) atoms. The molecule has 2 rings (SSSR count).